The maximum absolute atomic E-state index is 12.2. The Bertz CT molecular complexity index is 596. The van der Waals surface area contributed by atoms with Crippen LogP contribution < -0.4 is 0 Å². The molecule has 0 aliphatic carbocycles. The van der Waals surface area contributed by atoms with Crippen LogP contribution in [0.15, 0.2) is 41.0 Å². The summed E-state index contributed by atoms with van der Waals surface area (Å²) < 4.78 is 0.731. The zero-order valence-corrected chi connectivity index (χ0v) is 12.8. The molecule has 0 radical (unpaired) electrons. The fourth-order valence-electron chi connectivity index (χ4n) is 1.75. The summed E-state index contributed by atoms with van der Waals surface area (Å²) in [7, 11) is 0. The Balaban J connectivity index is 2.18. The van der Waals surface area contributed by atoms with Crippen LogP contribution in [0.25, 0.3) is 0 Å². The molecule has 1 aromatic carbocycles. The van der Waals surface area contributed by atoms with Gasteiger partial charge in [0, 0.05) is 21.9 Å². The topological polar surface area (TPSA) is 30.0 Å². The number of hydrogen-bond donors (Lipinski definition) is 0. The number of aromatic nitrogens is 1. The fourth-order valence-corrected chi connectivity index (χ4v) is 2.35. The smallest absolute Gasteiger partial charge is 0.170 e. The van der Waals surface area contributed by atoms with Crippen molar-refractivity contribution in [2.45, 2.75) is 19.8 Å². The van der Waals surface area contributed by atoms with E-state index in [0.717, 1.165) is 22.2 Å². The first kappa shape index (κ1) is 14.2. The molecule has 2 rings (SSSR count). The first-order valence-corrected chi connectivity index (χ1v) is 7.20. The van der Waals surface area contributed by atoms with Gasteiger partial charge in [0.2, 0.25) is 0 Å². The van der Waals surface area contributed by atoms with Crippen LogP contribution in [0.2, 0.25) is 5.02 Å². The van der Waals surface area contributed by atoms with Gasteiger partial charge in [-0.3, -0.25) is 9.78 Å². The molecule has 0 saturated heterocycles. The molecule has 2 nitrogen and oxygen atoms in total. The summed E-state index contributed by atoms with van der Waals surface area (Å²) in [5, 5.41) is 0.456. The second-order valence-electron chi connectivity index (χ2n) is 4.21. The van der Waals surface area contributed by atoms with Crippen molar-refractivity contribution in [2.75, 3.05) is 0 Å². The monoisotopic (exact) mass is 337 g/mol. The van der Waals surface area contributed by atoms with Gasteiger partial charge in [-0.15, -0.1) is 0 Å². The van der Waals surface area contributed by atoms with Crippen LogP contribution >= 0.6 is 27.5 Å². The Morgan fingerprint density at radius 2 is 2.11 bits per heavy atom. The van der Waals surface area contributed by atoms with Gasteiger partial charge in [-0.05, 0) is 46.1 Å². The van der Waals surface area contributed by atoms with Crippen molar-refractivity contribution in [2.24, 2.45) is 0 Å². The molecule has 0 atom stereocenters. The third kappa shape index (κ3) is 3.43. The van der Waals surface area contributed by atoms with Crippen molar-refractivity contribution < 1.29 is 4.79 Å². The third-order valence-corrected chi connectivity index (χ3v) is 4.18. The number of carbonyl (C=O) groups is 1. The number of nitrogens with zero attached hydrogens (tertiary/aromatic N) is 1. The zero-order chi connectivity index (χ0) is 13.8. The van der Waals surface area contributed by atoms with E-state index in [-0.39, 0.29) is 12.2 Å². The summed E-state index contributed by atoms with van der Waals surface area (Å²) >= 11 is 9.43. The molecule has 19 heavy (non-hydrogen) atoms. The minimum Gasteiger partial charge on any atom is -0.294 e. The normalized spacial score (nSPS) is 10.5. The predicted molar refractivity (Wildman–Crippen MR) is 80.8 cm³/mol. The van der Waals surface area contributed by atoms with Gasteiger partial charge in [0.1, 0.15) is 0 Å². The number of aryl methyl sites for hydroxylation is 1. The summed E-state index contributed by atoms with van der Waals surface area (Å²) in [6.07, 6.45) is 3.02. The molecule has 2 aromatic rings. The minimum absolute atomic E-state index is 0.0250. The minimum atomic E-state index is -0.0250. The highest BCUT2D eigenvalue weighted by Gasteiger charge is 2.13. The van der Waals surface area contributed by atoms with E-state index in [1.54, 1.807) is 12.1 Å². The van der Waals surface area contributed by atoms with Crippen LogP contribution in [0.5, 0.6) is 0 Å². The molecule has 1 aromatic heterocycles. The second kappa shape index (κ2) is 6.31. The van der Waals surface area contributed by atoms with Gasteiger partial charge >= 0.3 is 0 Å². The third-order valence-electron chi connectivity index (χ3n) is 2.89. The summed E-state index contributed by atoms with van der Waals surface area (Å²) in [5.41, 5.74) is 2.45. The van der Waals surface area contributed by atoms with Crippen LogP contribution in [0.1, 0.15) is 28.5 Å². The highest BCUT2D eigenvalue weighted by atomic mass is 79.9. The van der Waals surface area contributed by atoms with Crippen molar-refractivity contribution in [3.8, 4) is 0 Å². The summed E-state index contributed by atoms with van der Waals surface area (Å²) in [4.78, 5) is 16.5. The highest BCUT2D eigenvalue weighted by molar-refractivity contribution is 9.10. The van der Waals surface area contributed by atoms with Gasteiger partial charge in [-0.2, -0.15) is 0 Å². The number of carbonyl (C=O) groups excluding carboxylic acids is 1. The SMILES string of the molecule is CCc1ccc(CC(=O)c2cccc(Br)c2Cl)nc1. The van der Waals surface area contributed by atoms with Crippen LogP contribution in [-0.2, 0) is 12.8 Å². The molecule has 0 amide bonds. The number of ketones is 1. The standard InChI is InChI=1S/C15H13BrClNO/c1-2-10-6-7-11(18-9-10)8-14(19)12-4-3-5-13(16)15(12)17/h3-7,9H,2,8H2,1H3. The first-order valence-electron chi connectivity index (χ1n) is 6.03. The van der Waals surface area contributed by atoms with Crippen molar-refractivity contribution >= 4 is 33.3 Å². The molecule has 0 aliphatic rings. The Morgan fingerprint density at radius 3 is 2.74 bits per heavy atom. The molecule has 1 heterocycles. The van der Waals surface area contributed by atoms with E-state index < -0.39 is 0 Å². The van der Waals surface area contributed by atoms with Crippen molar-refractivity contribution in [1.82, 2.24) is 4.98 Å². The molecule has 0 N–H and O–H groups in total. The predicted octanol–water partition coefficient (Wildman–Crippen LogP) is 4.49. The number of hydrogen-bond acceptors (Lipinski definition) is 2. The number of benzene rings is 1. The van der Waals surface area contributed by atoms with E-state index in [1.165, 1.54) is 0 Å². The van der Waals surface area contributed by atoms with E-state index in [9.17, 15) is 4.79 Å². The Hall–Kier alpha value is -1.19. The number of halogens is 2. The van der Waals surface area contributed by atoms with E-state index in [4.69, 9.17) is 11.6 Å². The lowest BCUT2D eigenvalue weighted by atomic mass is 10.1. The summed E-state index contributed by atoms with van der Waals surface area (Å²) in [6, 6.07) is 9.24. The molecule has 98 valence electrons. The number of pyridine rings is 1. The molecule has 0 unspecified atom stereocenters. The second-order valence-corrected chi connectivity index (χ2v) is 5.44. The lowest BCUT2D eigenvalue weighted by Gasteiger charge is -2.05. The van der Waals surface area contributed by atoms with Crippen molar-refractivity contribution in [3.05, 3.63) is 62.8 Å². The van der Waals surface area contributed by atoms with Crippen molar-refractivity contribution in [3.63, 3.8) is 0 Å². The Kier molecular flexibility index (Phi) is 4.72. The van der Waals surface area contributed by atoms with Gasteiger partial charge in [-0.25, -0.2) is 0 Å². The quantitative estimate of drug-likeness (QED) is 0.769. The molecule has 0 saturated carbocycles. The molecule has 0 fully saturated rings. The van der Waals surface area contributed by atoms with Crippen LogP contribution in [-0.4, -0.2) is 10.8 Å². The van der Waals surface area contributed by atoms with Gasteiger partial charge in [0.15, 0.2) is 5.78 Å². The Labute approximate surface area is 126 Å². The number of Topliss-reactive ketones (excluding diaryl/α,β-unsaturated/α-hetero) is 1. The maximum atomic E-state index is 12.2. The molecule has 0 bridgehead atoms. The lowest BCUT2D eigenvalue weighted by Crippen LogP contribution is -2.06. The van der Waals surface area contributed by atoms with Crippen molar-refractivity contribution in [1.29, 1.82) is 0 Å². The van der Waals surface area contributed by atoms with Crippen LogP contribution in [0.3, 0.4) is 0 Å². The number of rotatable bonds is 4. The van der Waals surface area contributed by atoms with E-state index in [1.807, 2.05) is 24.4 Å². The summed E-state index contributed by atoms with van der Waals surface area (Å²) in [5.74, 6) is -0.0250. The summed E-state index contributed by atoms with van der Waals surface area (Å²) in [6.45, 7) is 2.07. The van der Waals surface area contributed by atoms with E-state index in [2.05, 4.69) is 27.8 Å². The first-order chi connectivity index (χ1) is 9.11. The fraction of sp³-hybridized carbons (Fsp3) is 0.200. The molecular formula is C15H13BrClNO. The Morgan fingerprint density at radius 1 is 1.32 bits per heavy atom. The maximum Gasteiger partial charge on any atom is 0.170 e. The molecular weight excluding hydrogens is 326 g/mol. The lowest BCUT2D eigenvalue weighted by molar-refractivity contribution is 0.0992. The van der Waals surface area contributed by atoms with E-state index >= 15 is 0 Å². The van der Waals surface area contributed by atoms with Crippen LogP contribution in [0, 0.1) is 0 Å². The van der Waals surface area contributed by atoms with Crippen LogP contribution in [0.4, 0.5) is 0 Å². The molecule has 0 aliphatic heterocycles. The zero-order valence-electron chi connectivity index (χ0n) is 10.5. The highest BCUT2D eigenvalue weighted by Crippen LogP contribution is 2.26. The van der Waals surface area contributed by atoms with Gasteiger partial charge in [-0.1, -0.05) is 30.7 Å². The molecule has 0 spiro atoms. The van der Waals surface area contributed by atoms with Gasteiger partial charge < -0.3 is 0 Å². The van der Waals surface area contributed by atoms with Gasteiger partial charge in [0.05, 0.1) is 11.4 Å². The average molecular weight is 339 g/mol. The largest absolute Gasteiger partial charge is 0.294 e. The molecule has 4 heteroatoms. The van der Waals surface area contributed by atoms with Gasteiger partial charge in [0.25, 0.3) is 0 Å². The van der Waals surface area contributed by atoms with E-state index in [0.29, 0.717) is 10.6 Å². The average Bonchev–Trinajstić information content (AvgIpc) is 2.42.